The Hall–Kier alpha value is 0.200. The fourth-order valence-electron chi connectivity index (χ4n) is 1.47. The average Bonchev–Trinajstić information content (AvgIpc) is 1.78. The van der Waals surface area contributed by atoms with Crippen LogP contribution in [0.15, 0.2) is 0 Å². The number of carbonyl (C=O) groups excluding carboxylic acids is 2. The molecule has 0 aliphatic carbocycles. The molecule has 0 amide bonds. The van der Waals surface area contributed by atoms with Crippen LogP contribution in [0.4, 0.5) is 9.59 Å². The van der Waals surface area contributed by atoms with E-state index in [1.54, 1.807) is 0 Å². The molecule has 1 fully saturated rings. The smallest absolute Gasteiger partial charge is 0.192 e. The van der Waals surface area contributed by atoms with Gasteiger partial charge in [-0.05, 0) is 10.3 Å². The minimum absolute atomic E-state index is 0.131. The molecule has 80 valence electrons. The van der Waals surface area contributed by atoms with E-state index < -0.39 is 15.8 Å². The standard InChI is InChI=1S/C10H18O2P2/c1-9(2,3)13-7(11)14(8(13)12)10(4,5)6/h1-6H3. The number of rotatable bonds is 0. The van der Waals surface area contributed by atoms with E-state index in [9.17, 15) is 9.59 Å². The van der Waals surface area contributed by atoms with Gasteiger partial charge in [0.25, 0.3) is 0 Å². The summed E-state index contributed by atoms with van der Waals surface area (Å²) in [6.07, 6.45) is 0. The van der Waals surface area contributed by atoms with Crippen LogP contribution in [-0.2, 0) is 0 Å². The molecule has 0 unspecified atom stereocenters. The lowest BCUT2D eigenvalue weighted by atomic mass is 10.3. The molecule has 0 N–H and O–H groups in total. The fraction of sp³-hybridized carbons (Fsp3) is 0.800. The minimum Gasteiger partial charge on any atom is -0.288 e. The maximum absolute atomic E-state index is 11.9. The Balaban J connectivity index is 2.88. The van der Waals surface area contributed by atoms with Crippen molar-refractivity contribution in [3.63, 3.8) is 0 Å². The van der Waals surface area contributed by atoms with Crippen LogP contribution in [0.1, 0.15) is 41.5 Å². The van der Waals surface area contributed by atoms with Gasteiger partial charge < -0.3 is 0 Å². The monoisotopic (exact) mass is 232 g/mol. The van der Waals surface area contributed by atoms with Gasteiger partial charge >= 0.3 is 0 Å². The lowest BCUT2D eigenvalue weighted by Crippen LogP contribution is -2.34. The molecule has 1 saturated heterocycles. The zero-order valence-corrected chi connectivity index (χ0v) is 11.5. The van der Waals surface area contributed by atoms with Gasteiger partial charge in [0.05, 0.1) is 15.8 Å². The normalized spacial score (nSPS) is 29.0. The third-order valence-corrected chi connectivity index (χ3v) is 8.72. The van der Waals surface area contributed by atoms with Crippen LogP contribution >= 0.6 is 15.8 Å². The van der Waals surface area contributed by atoms with Gasteiger partial charge in [-0.15, -0.1) is 0 Å². The van der Waals surface area contributed by atoms with E-state index in [1.165, 1.54) is 0 Å². The summed E-state index contributed by atoms with van der Waals surface area (Å²) >= 11 is 0. The predicted octanol–water partition coefficient (Wildman–Crippen LogP) is 4.80. The highest BCUT2D eigenvalue weighted by molar-refractivity contribution is 8.34. The number of carbonyl (C=O) groups is 2. The second kappa shape index (κ2) is 3.35. The highest BCUT2D eigenvalue weighted by Gasteiger charge is 2.57. The first-order chi connectivity index (χ1) is 6.07. The number of hydrogen-bond donors (Lipinski definition) is 0. The van der Waals surface area contributed by atoms with E-state index >= 15 is 0 Å². The Morgan fingerprint density at radius 2 is 0.929 bits per heavy atom. The molecule has 4 heteroatoms. The summed E-state index contributed by atoms with van der Waals surface area (Å²) in [7, 11) is -2.03. The molecule has 0 spiro atoms. The second-order valence-corrected chi connectivity index (χ2v) is 11.9. The van der Waals surface area contributed by atoms with Crippen molar-refractivity contribution in [2.24, 2.45) is 0 Å². The summed E-state index contributed by atoms with van der Waals surface area (Å²) in [5.41, 5.74) is 0. The summed E-state index contributed by atoms with van der Waals surface area (Å²) < 4.78 is 0. The Morgan fingerprint density at radius 1 is 0.714 bits per heavy atom. The van der Waals surface area contributed by atoms with Gasteiger partial charge in [0.15, 0.2) is 10.5 Å². The molecule has 1 rings (SSSR count). The summed E-state index contributed by atoms with van der Waals surface area (Å²) in [5.74, 6) is 0. The maximum Gasteiger partial charge on any atom is 0.192 e. The van der Waals surface area contributed by atoms with Crippen molar-refractivity contribution in [3.05, 3.63) is 0 Å². The third-order valence-electron chi connectivity index (χ3n) is 2.11. The van der Waals surface area contributed by atoms with Gasteiger partial charge in [-0.2, -0.15) is 0 Å². The highest BCUT2D eigenvalue weighted by atomic mass is 31.2. The topological polar surface area (TPSA) is 34.1 Å². The molecule has 14 heavy (non-hydrogen) atoms. The Labute approximate surface area is 88.3 Å². The van der Waals surface area contributed by atoms with Gasteiger partial charge in [-0.25, -0.2) is 0 Å². The first-order valence-corrected chi connectivity index (χ1v) is 7.43. The fourth-order valence-corrected chi connectivity index (χ4v) is 9.69. The molecule has 1 heterocycles. The van der Waals surface area contributed by atoms with Crippen LogP contribution in [0.2, 0.25) is 0 Å². The molecule has 0 saturated carbocycles. The zero-order chi connectivity index (χ0) is 11.3. The zero-order valence-electron chi connectivity index (χ0n) is 9.71. The van der Waals surface area contributed by atoms with Crippen molar-refractivity contribution in [1.29, 1.82) is 0 Å². The van der Waals surface area contributed by atoms with Crippen LogP contribution < -0.4 is 0 Å². The predicted molar refractivity (Wildman–Crippen MR) is 64.1 cm³/mol. The van der Waals surface area contributed by atoms with Crippen molar-refractivity contribution in [2.45, 2.75) is 51.9 Å². The molecule has 1 aliphatic heterocycles. The van der Waals surface area contributed by atoms with Gasteiger partial charge in [0, 0.05) is 0 Å². The van der Waals surface area contributed by atoms with Crippen molar-refractivity contribution in [2.75, 3.05) is 0 Å². The Bertz CT molecular complexity index is 241. The first-order valence-electron chi connectivity index (χ1n) is 4.75. The van der Waals surface area contributed by atoms with Crippen LogP contribution in [0.25, 0.3) is 0 Å². The van der Waals surface area contributed by atoms with Crippen molar-refractivity contribution in [3.8, 4) is 0 Å². The molecule has 0 aromatic rings. The van der Waals surface area contributed by atoms with Gasteiger partial charge in [0.1, 0.15) is 0 Å². The lowest BCUT2D eigenvalue weighted by molar-refractivity contribution is 0.266. The van der Waals surface area contributed by atoms with Crippen molar-refractivity contribution >= 4 is 26.4 Å². The van der Waals surface area contributed by atoms with Crippen molar-refractivity contribution in [1.82, 2.24) is 0 Å². The summed E-state index contributed by atoms with van der Waals surface area (Å²) in [6.45, 7) is 11.9. The molecular formula is C10H18O2P2. The van der Waals surface area contributed by atoms with Gasteiger partial charge in [0.2, 0.25) is 0 Å². The van der Waals surface area contributed by atoms with E-state index in [0.717, 1.165) is 0 Å². The summed E-state index contributed by atoms with van der Waals surface area (Å²) in [5, 5.41) is 0.265. The van der Waals surface area contributed by atoms with Crippen molar-refractivity contribution < 1.29 is 9.59 Å². The minimum atomic E-state index is -1.01. The Kier molecular flexibility index (Phi) is 2.94. The van der Waals surface area contributed by atoms with E-state index in [4.69, 9.17) is 0 Å². The van der Waals surface area contributed by atoms with Crippen LogP contribution in [0.3, 0.4) is 0 Å². The van der Waals surface area contributed by atoms with E-state index in [2.05, 4.69) is 0 Å². The molecule has 0 aromatic carbocycles. The second-order valence-electron chi connectivity index (χ2n) is 5.58. The molecule has 0 atom stereocenters. The molecule has 0 radical (unpaired) electrons. The molecule has 2 nitrogen and oxygen atoms in total. The average molecular weight is 232 g/mol. The molecule has 1 aliphatic rings. The largest absolute Gasteiger partial charge is 0.288 e. The summed E-state index contributed by atoms with van der Waals surface area (Å²) in [6, 6.07) is 0. The van der Waals surface area contributed by atoms with E-state index in [0.29, 0.717) is 0 Å². The highest BCUT2D eigenvalue weighted by Crippen LogP contribution is 2.80. The van der Waals surface area contributed by atoms with Gasteiger partial charge in [-0.1, -0.05) is 41.5 Å². The summed E-state index contributed by atoms with van der Waals surface area (Å²) in [4.78, 5) is 23.8. The molecule has 0 aromatic heterocycles. The molecular weight excluding hydrogens is 214 g/mol. The van der Waals surface area contributed by atoms with Crippen LogP contribution in [0.5, 0.6) is 0 Å². The van der Waals surface area contributed by atoms with Gasteiger partial charge in [-0.3, -0.25) is 9.59 Å². The van der Waals surface area contributed by atoms with E-state index in [1.807, 2.05) is 41.5 Å². The van der Waals surface area contributed by atoms with Crippen LogP contribution in [-0.4, -0.2) is 20.8 Å². The number of hydrogen-bond acceptors (Lipinski definition) is 2. The Morgan fingerprint density at radius 3 is 1.07 bits per heavy atom. The van der Waals surface area contributed by atoms with Crippen LogP contribution in [0, 0.1) is 0 Å². The quantitative estimate of drug-likeness (QED) is 0.562. The molecule has 0 bridgehead atoms. The SMILES string of the molecule is CC(C)(C)P1C(=O)P(C(C)(C)C)C1=O. The van der Waals surface area contributed by atoms with E-state index in [-0.39, 0.29) is 20.8 Å². The first kappa shape index (κ1) is 12.3. The third kappa shape index (κ3) is 1.92. The lowest BCUT2D eigenvalue weighted by Gasteiger charge is -2.45. The maximum atomic E-state index is 11.9.